The molecule has 0 atom stereocenters. The second-order valence-electron chi connectivity index (χ2n) is 4.08. The molecule has 0 radical (unpaired) electrons. The van der Waals surface area contributed by atoms with Crippen LogP contribution in [0.25, 0.3) is 11.3 Å². The van der Waals surface area contributed by atoms with E-state index in [1.807, 2.05) is 0 Å². The predicted molar refractivity (Wildman–Crippen MR) is 68.8 cm³/mol. The van der Waals surface area contributed by atoms with E-state index >= 15 is 0 Å². The molecule has 0 saturated carbocycles. The van der Waals surface area contributed by atoms with Gasteiger partial charge in [0.2, 0.25) is 0 Å². The summed E-state index contributed by atoms with van der Waals surface area (Å²) in [5.74, 6) is 1.17. The van der Waals surface area contributed by atoms with Crippen LogP contribution in [0.5, 0.6) is 0 Å². The lowest BCUT2D eigenvalue weighted by Crippen LogP contribution is -2.14. The molecule has 0 fully saturated rings. The van der Waals surface area contributed by atoms with Gasteiger partial charge in [0.15, 0.2) is 11.7 Å². The van der Waals surface area contributed by atoms with Crippen molar-refractivity contribution in [2.24, 2.45) is 0 Å². The van der Waals surface area contributed by atoms with Crippen molar-refractivity contribution in [2.75, 3.05) is 13.1 Å². The van der Waals surface area contributed by atoms with Crippen LogP contribution < -0.4 is 5.32 Å². The molecule has 3 nitrogen and oxygen atoms in total. The molecule has 0 spiro atoms. The first kappa shape index (κ1) is 12.8. The zero-order valence-corrected chi connectivity index (χ0v) is 10.4. The van der Waals surface area contributed by atoms with E-state index in [9.17, 15) is 4.39 Å². The van der Waals surface area contributed by atoms with E-state index in [1.165, 1.54) is 12.1 Å². The minimum Gasteiger partial charge on any atom is -0.441 e. The van der Waals surface area contributed by atoms with Crippen molar-refractivity contribution in [1.82, 2.24) is 10.3 Å². The third-order valence-electron chi connectivity index (χ3n) is 2.68. The lowest BCUT2D eigenvalue weighted by atomic mass is 10.2. The number of nitrogens with zero attached hydrogens (tertiary/aromatic N) is 1. The molecule has 2 aromatic rings. The highest BCUT2D eigenvalue weighted by Crippen LogP contribution is 2.20. The van der Waals surface area contributed by atoms with E-state index in [0.717, 1.165) is 37.4 Å². The Bertz CT molecular complexity index is 479. The van der Waals surface area contributed by atoms with Crippen molar-refractivity contribution < 1.29 is 8.81 Å². The lowest BCUT2D eigenvalue weighted by Gasteiger charge is -1.98. The maximum atomic E-state index is 12.8. The fourth-order valence-corrected chi connectivity index (χ4v) is 1.71. The van der Waals surface area contributed by atoms with E-state index < -0.39 is 0 Å². The topological polar surface area (TPSA) is 38.1 Å². The van der Waals surface area contributed by atoms with Crippen molar-refractivity contribution in [1.29, 1.82) is 0 Å². The van der Waals surface area contributed by atoms with Crippen LogP contribution in [0, 0.1) is 5.82 Å². The average molecular weight is 248 g/mol. The van der Waals surface area contributed by atoms with Gasteiger partial charge in [-0.15, -0.1) is 0 Å². The Morgan fingerprint density at radius 2 is 2.06 bits per heavy atom. The first-order valence-electron chi connectivity index (χ1n) is 6.21. The Labute approximate surface area is 106 Å². The number of rotatable bonds is 6. The molecule has 0 aliphatic rings. The SMILES string of the molecule is CCNCCCc1ncc(-c2ccc(F)cc2)o1. The van der Waals surface area contributed by atoms with Crippen molar-refractivity contribution in [3.05, 3.63) is 42.2 Å². The minimum atomic E-state index is -0.246. The van der Waals surface area contributed by atoms with E-state index in [0.29, 0.717) is 5.76 Å². The zero-order valence-electron chi connectivity index (χ0n) is 10.4. The molecule has 1 heterocycles. The highest BCUT2D eigenvalue weighted by molar-refractivity contribution is 5.55. The summed E-state index contributed by atoms with van der Waals surface area (Å²) < 4.78 is 18.4. The number of hydrogen-bond donors (Lipinski definition) is 1. The fraction of sp³-hybridized carbons (Fsp3) is 0.357. The fourth-order valence-electron chi connectivity index (χ4n) is 1.71. The van der Waals surface area contributed by atoms with Gasteiger partial charge in [0.25, 0.3) is 0 Å². The Balaban J connectivity index is 1.95. The Morgan fingerprint density at radius 3 is 2.78 bits per heavy atom. The van der Waals surface area contributed by atoms with Crippen LogP contribution in [0.15, 0.2) is 34.9 Å². The van der Waals surface area contributed by atoms with Crippen molar-refractivity contribution in [3.63, 3.8) is 0 Å². The van der Waals surface area contributed by atoms with Crippen molar-refractivity contribution in [3.8, 4) is 11.3 Å². The summed E-state index contributed by atoms with van der Waals surface area (Å²) in [5.41, 5.74) is 0.849. The molecular weight excluding hydrogens is 231 g/mol. The molecule has 0 unspecified atom stereocenters. The summed E-state index contributed by atoms with van der Waals surface area (Å²) in [5, 5.41) is 3.25. The van der Waals surface area contributed by atoms with Gasteiger partial charge in [0.1, 0.15) is 5.82 Å². The molecule has 0 amide bonds. The Kier molecular flexibility index (Phi) is 4.47. The van der Waals surface area contributed by atoms with E-state index in [-0.39, 0.29) is 5.82 Å². The van der Waals surface area contributed by atoms with Gasteiger partial charge in [-0.1, -0.05) is 6.92 Å². The number of nitrogens with one attached hydrogen (secondary N) is 1. The summed E-state index contributed by atoms with van der Waals surface area (Å²) >= 11 is 0. The Hall–Kier alpha value is -1.68. The highest BCUT2D eigenvalue weighted by atomic mass is 19.1. The second kappa shape index (κ2) is 6.31. The van der Waals surface area contributed by atoms with Crippen LogP contribution in [0.3, 0.4) is 0 Å². The molecule has 4 heteroatoms. The summed E-state index contributed by atoms with van der Waals surface area (Å²) in [6.45, 7) is 4.02. The molecule has 1 N–H and O–H groups in total. The molecule has 1 aromatic carbocycles. The standard InChI is InChI=1S/C14H17FN2O/c1-2-16-9-3-4-14-17-10-13(18-14)11-5-7-12(15)8-6-11/h5-8,10,16H,2-4,9H2,1H3. The smallest absolute Gasteiger partial charge is 0.194 e. The summed E-state index contributed by atoms with van der Waals surface area (Å²) in [6, 6.07) is 6.22. The molecule has 2 rings (SSSR count). The molecule has 0 aliphatic heterocycles. The quantitative estimate of drug-likeness (QED) is 0.798. The van der Waals surface area contributed by atoms with Gasteiger partial charge >= 0.3 is 0 Å². The maximum absolute atomic E-state index is 12.8. The third kappa shape index (κ3) is 3.40. The van der Waals surface area contributed by atoms with E-state index in [2.05, 4.69) is 17.2 Å². The molecule has 1 aromatic heterocycles. The molecule has 0 bridgehead atoms. The Morgan fingerprint density at radius 1 is 1.28 bits per heavy atom. The van der Waals surface area contributed by atoms with Crippen LogP contribution in [-0.2, 0) is 6.42 Å². The van der Waals surface area contributed by atoms with Crippen LogP contribution in [0.4, 0.5) is 4.39 Å². The van der Waals surface area contributed by atoms with Gasteiger partial charge in [-0.2, -0.15) is 0 Å². The minimum absolute atomic E-state index is 0.246. The van der Waals surface area contributed by atoms with Gasteiger partial charge in [0.05, 0.1) is 6.20 Å². The normalized spacial score (nSPS) is 10.8. The number of aryl methyl sites for hydroxylation is 1. The van der Waals surface area contributed by atoms with Crippen molar-refractivity contribution in [2.45, 2.75) is 19.8 Å². The summed E-state index contributed by atoms with van der Waals surface area (Å²) in [4.78, 5) is 4.22. The van der Waals surface area contributed by atoms with Crippen molar-refractivity contribution >= 4 is 0 Å². The number of oxazole rings is 1. The van der Waals surface area contributed by atoms with E-state index in [4.69, 9.17) is 4.42 Å². The molecule has 18 heavy (non-hydrogen) atoms. The molecule has 0 saturated heterocycles. The second-order valence-corrected chi connectivity index (χ2v) is 4.08. The van der Waals surface area contributed by atoms with Gasteiger partial charge in [-0.05, 0) is 43.8 Å². The largest absolute Gasteiger partial charge is 0.441 e. The maximum Gasteiger partial charge on any atom is 0.194 e. The van der Waals surface area contributed by atoms with Crippen LogP contribution in [-0.4, -0.2) is 18.1 Å². The zero-order chi connectivity index (χ0) is 12.8. The van der Waals surface area contributed by atoms with Crippen LogP contribution in [0.1, 0.15) is 19.2 Å². The number of benzene rings is 1. The molecule has 0 aliphatic carbocycles. The summed E-state index contributed by atoms with van der Waals surface area (Å²) in [7, 11) is 0. The van der Waals surface area contributed by atoms with Crippen LogP contribution >= 0.6 is 0 Å². The van der Waals surface area contributed by atoms with Crippen LogP contribution in [0.2, 0.25) is 0 Å². The van der Waals surface area contributed by atoms with Gasteiger partial charge in [-0.3, -0.25) is 0 Å². The third-order valence-corrected chi connectivity index (χ3v) is 2.68. The number of halogens is 1. The average Bonchev–Trinajstić information content (AvgIpc) is 2.84. The predicted octanol–water partition coefficient (Wildman–Crippen LogP) is 3.02. The molecule has 96 valence electrons. The number of aromatic nitrogens is 1. The lowest BCUT2D eigenvalue weighted by molar-refractivity contribution is 0.493. The van der Waals surface area contributed by atoms with Gasteiger partial charge in [-0.25, -0.2) is 9.37 Å². The van der Waals surface area contributed by atoms with Gasteiger partial charge in [0, 0.05) is 12.0 Å². The highest BCUT2D eigenvalue weighted by Gasteiger charge is 2.06. The first-order valence-corrected chi connectivity index (χ1v) is 6.21. The van der Waals surface area contributed by atoms with Gasteiger partial charge < -0.3 is 9.73 Å². The first-order chi connectivity index (χ1) is 8.79. The monoisotopic (exact) mass is 248 g/mol. The summed E-state index contributed by atoms with van der Waals surface area (Å²) in [6.07, 6.45) is 3.50. The molecular formula is C14H17FN2O. The number of hydrogen-bond acceptors (Lipinski definition) is 3. The van der Waals surface area contributed by atoms with E-state index in [1.54, 1.807) is 18.3 Å².